The van der Waals surface area contributed by atoms with E-state index in [4.69, 9.17) is 9.15 Å². The van der Waals surface area contributed by atoms with Crippen molar-refractivity contribution >= 4 is 21.9 Å². The maximum Gasteiger partial charge on any atom is 0.201 e. The molecule has 0 bridgehead atoms. The Labute approximate surface area is 95.4 Å². The molecule has 0 atom stereocenters. The van der Waals surface area contributed by atoms with Crippen LogP contribution >= 0.6 is 0 Å². The van der Waals surface area contributed by atoms with Crippen LogP contribution in [0.2, 0.25) is 0 Å². The maximum atomic E-state index is 13.9. The summed E-state index contributed by atoms with van der Waals surface area (Å²) in [4.78, 5) is 0. The number of fused-ring (bicyclic) bond motifs is 3. The number of hydrogen-bond donors (Lipinski definition) is 0. The van der Waals surface area contributed by atoms with E-state index >= 15 is 0 Å². The fourth-order valence-corrected chi connectivity index (χ4v) is 1.94. The summed E-state index contributed by atoms with van der Waals surface area (Å²) in [5.41, 5.74) is 0.802. The molecule has 1 heterocycles. The zero-order valence-electron chi connectivity index (χ0n) is 8.96. The lowest BCUT2D eigenvalue weighted by molar-refractivity contribution is 0.373. The lowest BCUT2D eigenvalue weighted by Crippen LogP contribution is -1.92. The number of rotatable bonds is 1. The third kappa shape index (κ3) is 1.30. The van der Waals surface area contributed by atoms with Crippen LogP contribution in [0, 0.1) is 11.6 Å². The highest BCUT2D eigenvalue weighted by molar-refractivity contribution is 6.05. The van der Waals surface area contributed by atoms with E-state index in [2.05, 4.69) is 0 Å². The first-order chi connectivity index (χ1) is 8.22. The van der Waals surface area contributed by atoms with Crippen molar-refractivity contribution in [2.75, 3.05) is 7.11 Å². The van der Waals surface area contributed by atoms with Gasteiger partial charge >= 0.3 is 0 Å². The Morgan fingerprint density at radius 3 is 2.59 bits per heavy atom. The van der Waals surface area contributed by atoms with E-state index in [1.54, 1.807) is 24.3 Å². The SMILES string of the molecule is COc1cc2oc3ccccc3c2c(F)c1F. The minimum atomic E-state index is -0.994. The Balaban J connectivity index is 2.54. The fourth-order valence-electron chi connectivity index (χ4n) is 1.94. The molecular formula is C13H8F2O2. The summed E-state index contributed by atoms with van der Waals surface area (Å²) in [5.74, 6) is -2.09. The van der Waals surface area contributed by atoms with Crippen molar-refractivity contribution in [3.05, 3.63) is 42.0 Å². The molecule has 0 unspecified atom stereocenters. The third-order valence-electron chi connectivity index (χ3n) is 2.73. The molecule has 2 aromatic carbocycles. The summed E-state index contributed by atoms with van der Waals surface area (Å²) in [6, 6.07) is 8.28. The predicted octanol–water partition coefficient (Wildman–Crippen LogP) is 3.87. The molecule has 0 amide bonds. The minimum Gasteiger partial charge on any atom is -0.493 e. The van der Waals surface area contributed by atoms with Gasteiger partial charge in [-0.2, -0.15) is 4.39 Å². The standard InChI is InChI=1S/C13H8F2O2/c1-16-10-6-9-11(13(15)12(10)14)7-4-2-3-5-8(7)17-9/h2-6H,1H3. The molecule has 0 spiro atoms. The van der Waals surface area contributed by atoms with Gasteiger partial charge in [0.2, 0.25) is 5.82 Å². The first kappa shape index (κ1) is 10.1. The molecule has 0 fully saturated rings. The van der Waals surface area contributed by atoms with Crippen LogP contribution in [0.1, 0.15) is 0 Å². The van der Waals surface area contributed by atoms with Gasteiger partial charge in [0.05, 0.1) is 12.5 Å². The lowest BCUT2D eigenvalue weighted by atomic mass is 10.1. The summed E-state index contributed by atoms with van der Waals surface area (Å²) in [7, 11) is 1.28. The zero-order valence-corrected chi connectivity index (χ0v) is 8.96. The van der Waals surface area contributed by atoms with Crippen molar-refractivity contribution < 1.29 is 17.9 Å². The molecule has 0 saturated carbocycles. The van der Waals surface area contributed by atoms with Gasteiger partial charge in [0.15, 0.2) is 11.6 Å². The number of furan rings is 1. The number of para-hydroxylation sites is 1. The van der Waals surface area contributed by atoms with E-state index in [-0.39, 0.29) is 16.7 Å². The molecule has 0 aliphatic heterocycles. The van der Waals surface area contributed by atoms with Crippen LogP contribution in [0.25, 0.3) is 21.9 Å². The molecule has 0 saturated heterocycles. The van der Waals surface area contributed by atoms with Gasteiger partial charge in [-0.15, -0.1) is 0 Å². The van der Waals surface area contributed by atoms with Crippen molar-refractivity contribution in [1.29, 1.82) is 0 Å². The molecule has 3 aromatic rings. The van der Waals surface area contributed by atoms with Crippen molar-refractivity contribution in [2.45, 2.75) is 0 Å². The Bertz CT molecular complexity index is 716. The van der Waals surface area contributed by atoms with E-state index in [0.29, 0.717) is 11.0 Å². The predicted molar refractivity (Wildman–Crippen MR) is 60.2 cm³/mol. The molecule has 0 radical (unpaired) electrons. The van der Waals surface area contributed by atoms with Crippen molar-refractivity contribution in [3.8, 4) is 5.75 Å². The van der Waals surface area contributed by atoms with Crippen LogP contribution < -0.4 is 4.74 Å². The third-order valence-corrected chi connectivity index (χ3v) is 2.73. The molecule has 0 N–H and O–H groups in total. The van der Waals surface area contributed by atoms with Crippen LogP contribution in [0.3, 0.4) is 0 Å². The van der Waals surface area contributed by atoms with Gasteiger partial charge in [0.1, 0.15) is 11.2 Å². The zero-order chi connectivity index (χ0) is 12.0. The van der Waals surface area contributed by atoms with Gasteiger partial charge in [-0.05, 0) is 6.07 Å². The van der Waals surface area contributed by atoms with E-state index in [9.17, 15) is 8.78 Å². The van der Waals surface area contributed by atoms with E-state index < -0.39 is 11.6 Å². The quantitative estimate of drug-likeness (QED) is 0.637. The minimum absolute atomic E-state index is 0.152. The van der Waals surface area contributed by atoms with Gasteiger partial charge in [0.25, 0.3) is 0 Å². The first-order valence-corrected chi connectivity index (χ1v) is 5.05. The van der Waals surface area contributed by atoms with Crippen LogP contribution in [0.5, 0.6) is 5.75 Å². The Morgan fingerprint density at radius 2 is 1.82 bits per heavy atom. The van der Waals surface area contributed by atoms with Gasteiger partial charge in [-0.1, -0.05) is 18.2 Å². The average molecular weight is 234 g/mol. The van der Waals surface area contributed by atoms with Crippen LogP contribution in [0.15, 0.2) is 34.7 Å². The van der Waals surface area contributed by atoms with Crippen LogP contribution in [-0.4, -0.2) is 7.11 Å². The van der Waals surface area contributed by atoms with Gasteiger partial charge in [0, 0.05) is 11.5 Å². The number of ether oxygens (including phenoxy) is 1. The molecule has 3 rings (SSSR count). The smallest absolute Gasteiger partial charge is 0.201 e. The highest BCUT2D eigenvalue weighted by Crippen LogP contribution is 2.35. The second-order valence-electron chi connectivity index (χ2n) is 3.68. The summed E-state index contributed by atoms with van der Waals surface area (Å²) >= 11 is 0. The monoisotopic (exact) mass is 234 g/mol. The Kier molecular flexibility index (Phi) is 2.04. The molecular weight excluding hydrogens is 226 g/mol. The highest BCUT2D eigenvalue weighted by atomic mass is 19.2. The van der Waals surface area contributed by atoms with E-state index in [0.717, 1.165) is 0 Å². The topological polar surface area (TPSA) is 22.4 Å². The van der Waals surface area contributed by atoms with Crippen molar-refractivity contribution in [3.63, 3.8) is 0 Å². The summed E-state index contributed by atoms with van der Waals surface area (Å²) < 4.78 is 37.7. The van der Waals surface area contributed by atoms with Crippen molar-refractivity contribution in [1.82, 2.24) is 0 Å². The van der Waals surface area contributed by atoms with Crippen molar-refractivity contribution in [2.24, 2.45) is 0 Å². The summed E-state index contributed by atoms with van der Waals surface area (Å²) in [6.45, 7) is 0. The number of hydrogen-bond acceptors (Lipinski definition) is 2. The van der Waals surface area contributed by atoms with Crippen LogP contribution in [0.4, 0.5) is 8.78 Å². The normalized spacial score (nSPS) is 11.2. The molecule has 86 valence electrons. The largest absolute Gasteiger partial charge is 0.493 e. The second kappa shape index (κ2) is 3.45. The first-order valence-electron chi connectivity index (χ1n) is 5.05. The molecule has 0 aliphatic carbocycles. The fraction of sp³-hybridized carbons (Fsp3) is 0.0769. The molecule has 17 heavy (non-hydrogen) atoms. The average Bonchev–Trinajstić information content (AvgIpc) is 2.72. The van der Waals surface area contributed by atoms with Gasteiger partial charge < -0.3 is 9.15 Å². The van der Waals surface area contributed by atoms with E-state index in [1.165, 1.54) is 13.2 Å². The summed E-state index contributed by atoms with van der Waals surface area (Å²) in [6.07, 6.45) is 0. The number of halogens is 2. The second-order valence-corrected chi connectivity index (χ2v) is 3.68. The molecule has 0 aliphatic rings. The Hall–Kier alpha value is -2.10. The molecule has 4 heteroatoms. The maximum absolute atomic E-state index is 13.9. The summed E-state index contributed by atoms with van der Waals surface area (Å²) in [5, 5.41) is 0.709. The lowest BCUT2D eigenvalue weighted by Gasteiger charge is -2.02. The van der Waals surface area contributed by atoms with E-state index in [1.807, 2.05) is 0 Å². The van der Waals surface area contributed by atoms with Gasteiger partial charge in [-0.3, -0.25) is 0 Å². The highest BCUT2D eigenvalue weighted by Gasteiger charge is 2.19. The molecule has 2 nitrogen and oxygen atoms in total. The Morgan fingerprint density at radius 1 is 1.06 bits per heavy atom. The molecule has 1 aromatic heterocycles. The number of benzene rings is 2. The van der Waals surface area contributed by atoms with Crippen LogP contribution in [-0.2, 0) is 0 Å². The number of methoxy groups -OCH3 is 1. The van der Waals surface area contributed by atoms with Gasteiger partial charge in [-0.25, -0.2) is 4.39 Å².